The molecule has 1 aromatic carbocycles. The highest BCUT2D eigenvalue weighted by Crippen LogP contribution is 2.20. The van der Waals surface area contributed by atoms with E-state index in [1.165, 1.54) is 0 Å². The third-order valence-electron chi connectivity index (χ3n) is 2.51. The van der Waals surface area contributed by atoms with E-state index in [2.05, 4.69) is 4.98 Å². The largest absolute Gasteiger partial charge is 0.322 e. The molecule has 0 aliphatic carbocycles. The molecule has 0 saturated carbocycles. The summed E-state index contributed by atoms with van der Waals surface area (Å²) in [6, 6.07) is 2.18. The van der Waals surface area contributed by atoms with Gasteiger partial charge in [-0.15, -0.1) is 0 Å². The smallest absolute Gasteiger partial charge is 0.258 e. The van der Waals surface area contributed by atoms with Crippen LogP contribution < -0.4 is 16.6 Å². The second kappa shape index (κ2) is 5.75. The number of carbonyl (C=O) groups excluding carboxylic acids is 1. The molecule has 1 amide bonds. The van der Waals surface area contributed by atoms with Crippen molar-refractivity contribution in [2.75, 3.05) is 10.7 Å². The van der Waals surface area contributed by atoms with Crippen LogP contribution in [0.1, 0.15) is 10.4 Å². The maximum Gasteiger partial charge on any atom is 0.258 e. The Morgan fingerprint density at radius 1 is 1.10 bits per heavy atom. The van der Waals surface area contributed by atoms with Crippen molar-refractivity contribution in [3.8, 4) is 0 Å². The SMILES string of the molecule is NNc1nccc(C(=O)Nc2cc(F)c(F)c(F)c2)c1F. The molecule has 5 nitrogen and oxygen atoms in total. The summed E-state index contributed by atoms with van der Waals surface area (Å²) in [6.45, 7) is 0. The predicted molar refractivity (Wildman–Crippen MR) is 66.3 cm³/mol. The van der Waals surface area contributed by atoms with Crippen molar-refractivity contribution >= 4 is 17.4 Å². The molecule has 21 heavy (non-hydrogen) atoms. The van der Waals surface area contributed by atoms with Gasteiger partial charge in [0.25, 0.3) is 5.91 Å². The van der Waals surface area contributed by atoms with Gasteiger partial charge in [-0.3, -0.25) is 4.79 Å². The second-order valence-corrected chi connectivity index (χ2v) is 3.87. The Balaban J connectivity index is 2.30. The van der Waals surface area contributed by atoms with Gasteiger partial charge in [0.15, 0.2) is 29.1 Å². The van der Waals surface area contributed by atoms with Gasteiger partial charge in [0.1, 0.15) is 0 Å². The van der Waals surface area contributed by atoms with Crippen molar-refractivity contribution in [2.24, 2.45) is 5.84 Å². The van der Waals surface area contributed by atoms with Gasteiger partial charge in [-0.1, -0.05) is 0 Å². The zero-order chi connectivity index (χ0) is 15.6. The summed E-state index contributed by atoms with van der Waals surface area (Å²) >= 11 is 0. The fraction of sp³-hybridized carbons (Fsp3) is 0. The minimum Gasteiger partial charge on any atom is -0.322 e. The highest BCUT2D eigenvalue weighted by molar-refractivity contribution is 6.04. The molecule has 0 aliphatic rings. The highest BCUT2D eigenvalue weighted by Gasteiger charge is 2.17. The van der Waals surface area contributed by atoms with Gasteiger partial charge in [0, 0.05) is 24.0 Å². The average Bonchev–Trinajstić information content (AvgIpc) is 2.44. The molecule has 0 radical (unpaired) electrons. The molecule has 4 N–H and O–H groups in total. The van der Waals surface area contributed by atoms with Crippen molar-refractivity contribution in [1.82, 2.24) is 4.98 Å². The molecular formula is C12H8F4N4O. The summed E-state index contributed by atoms with van der Waals surface area (Å²) in [5.74, 6) is -2.05. The molecular weight excluding hydrogens is 292 g/mol. The molecule has 0 aliphatic heterocycles. The van der Waals surface area contributed by atoms with Crippen LogP contribution in [0.15, 0.2) is 24.4 Å². The van der Waals surface area contributed by atoms with Crippen LogP contribution in [0.3, 0.4) is 0 Å². The molecule has 1 heterocycles. The second-order valence-electron chi connectivity index (χ2n) is 3.87. The first-order valence-electron chi connectivity index (χ1n) is 5.51. The standard InChI is InChI=1S/C12H8F4N4O/c13-7-3-5(4-8(14)10(7)16)19-12(21)6-1-2-18-11(20-17)9(6)15/h1-4H,17H2,(H,18,20)(H,19,21). The Hall–Kier alpha value is -2.68. The molecule has 2 rings (SSSR count). The Morgan fingerprint density at radius 3 is 2.29 bits per heavy atom. The van der Waals surface area contributed by atoms with Crippen molar-refractivity contribution in [3.05, 3.63) is 53.2 Å². The molecule has 0 fully saturated rings. The van der Waals surface area contributed by atoms with Crippen LogP contribution in [0.4, 0.5) is 29.1 Å². The first kappa shape index (κ1) is 14.7. The quantitative estimate of drug-likeness (QED) is 0.351. The molecule has 0 spiro atoms. The summed E-state index contributed by atoms with van der Waals surface area (Å²) < 4.78 is 52.6. The van der Waals surface area contributed by atoms with Gasteiger partial charge in [0.05, 0.1) is 5.56 Å². The fourth-order valence-electron chi connectivity index (χ4n) is 1.55. The lowest BCUT2D eigenvalue weighted by Gasteiger charge is -2.08. The number of aromatic nitrogens is 1. The van der Waals surface area contributed by atoms with Crippen molar-refractivity contribution < 1.29 is 22.4 Å². The number of hydrogen-bond acceptors (Lipinski definition) is 4. The van der Waals surface area contributed by atoms with Crippen molar-refractivity contribution in [3.63, 3.8) is 0 Å². The zero-order valence-electron chi connectivity index (χ0n) is 10.3. The van der Waals surface area contributed by atoms with Gasteiger partial charge < -0.3 is 10.7 Å². The van der Waals surface area contributed by atoms with Crippen LogP contribution in [0.5, 0.6) is 0 Å². The number of nitrogens with two attached hydrogens (primary N) is 1. The molecule has 0 unspecified atom stereocenters. The summed E-state index contributed by atoms with van der Waals surface area (Å²) in [5.41, 5.74) is 1.12. The summed E-state index contributed by atoms with van der Waals surface area (Å²) in [6.07, 6.45) is 1.11. The number of benzene rings is 1. The average molecular weight is 300 g/mol. The Labute approximate surface area is 115 Å². The molecule has 2 aromatic rings. The number of rotatable bonds is 3. The first-order chi connectivity index (χ1) is 9.93. The maximum atomic E-state index is 13.8. The number of nitrogens with one attached hydrogen (secondary N) is 2. The van der Waals surface area contributed by atoms with Crippen molar-refractivity contribution in [2.45, 2.75) is 0 Å². The van der Waals surface area contributed by atoms with Crippen LogP contribution in [-0.2, 0) is 0 Å². The van der Waals surface area contributed by atoms with Gasteiger partial charge in [-0.2, -0.15) is 0 Å². The van der Waals surface area contributed by atoms with Crippen LogP contribution in [0, 0.1) is 23.3 Å². The summed E-state index contributed by atoms with van der Waals surface area (Å²) in [7, 11) is 0. The number of hydrogen-bond donors (Lipinski definition) is 3. The molecule has 9 heteroatoms. The molecule has 0 atom stereocenters. The van der Waals surface area contributed by atoms with E-state index in [9.17, 15) is 22.4 Å². The monoisotopic (exact) mass is 300 g/mol. The fourth-order valence-corrected chi connectivity index (χ4v) is 1.55. The number of pyridine rings is 1. The van der Waals surface area contributed by atoms with Gasteiger partial charge >= 0.3 is 0 Å². The Bertz CT molecular complexity index is 685. The van der Waals surface area contributed by atoms with E-state index >= 15 is 0 Å². The van der Waals surface area contributed by atoms with E-state index < -0.39 is 34.7 Å². The van der Waals surface area contributed by atoms with E-state index in [1.54, 1.807) is 0 Å². The number of amides is 1. The summed E-state index contributed by atoms with van der Waals surface area (Å²) in [4.78, 5) is 15.4. The van der Waals surface area contributed by atoms with E-state index in [-0.39, 0.29) is 11.5 Å². The van der Waals surface area contributed by atoms with Crippen molar-refractivity contribution in [1.29, 1.82) is 0 Å². The van der Waals surface area contributed by atoms with E-state index in [0.29, 0.717) is 12.1 Å². The third kappa shape index (κ3) is 2.92. The lowest BCUT2D eigenvalue weighted by atomic mass is 10.2. The number of anilines is 2. The van der Waals surface area contributed by atoms with Crippen LogP contribution in [0.2, 0.25) is 0 Å². The minimum absolute atomic E-state index is 0.366. The molecule has 0 bridgehead atoms. The Morgan fingerprint density at radius 2 is 1.71 bits per heavy atom. The van der Waals surface area contributed by atoms with E-state index in [1.807, 2.05) is 10.7 Å². The minimum atomic E-state index is -1.67. The van der Waals surface area contributed by atoms with Gasteiger partial charge in [-0.25, -0.2) is 28.4 Å². The normalized spacial score (nSPS) is 10.3. The lowest BCUT2D eigenvalue weighted by molar-refractivity contribution is 0.102. The van der Waals surface area contributed by atoms with E-state index in [4.69, 9.17) is 5.84 Å². The number of halogens is 4. The molecule has 0 saturated heterocycles. The van der Waals surface area contributed by atoms with Crippen LogP contribution >= 0.6 is 0 Å². The zero-order valence-corrected chi connectivity index (χ0v) is 10.3. The van der Waals surface area contributed by atoms with E-state index in [0.717, 1.165) is 12.3 Å². The number of hydrazine groups is 1. The summed E-state index contributed by atoms with van der Waals surface area (Å²) in [5, 5.41) is 2.04. The highest BCUT2D eigenvalue weighted by atomic mass is 19.2. The molecule has 1 aromatic heterocycles. The molecule has 110 valence electrons. The van der Waals surface area contributed by atoms with Crippen LogP contribution in [-0.4, -0.2) is 10.9 Å². The maximum absolute atomic E-state index is 13.8. The predicted octanol–water partition coefficient (Wildman–Crippen LogP) is 2.18. The van der Waals surface area contributed by atoms with Crippen LogP contribution in [0.25, 0.3) is 0 Å². The topological polar surface area (TPSA) is 80.0 Å². The van der Waals surface area contributed by atoms with Gasteiger partial charge in [-0.05, 0) is 6.07 Å². The van der Waals surface area contributed by atoms with Gasteiger partial charge in [0.2, 0.25) is 0 Å². The lowest BCUT2D eigenvalue weighted by Crippen LogP contribution is -2.17. The Kier molecular flexibility index (Phi) is 4.03. The third-order valence-corrected chi connectivity index (χ3v) is 2.51. The first-order valence-corrected chi connectivity index (χ1v) is 5.51. The number of carbonyl (C=O) groups is 1. The number of nitrogens with zero attached hydrogens (tertiary/aromatic N) is 1. The number of nitrogen functional groups attached to an aromatic ring is 1.